The van der Waals surface area contributed by atoms with Gasteiger partial charge < -0.3 is 25.6 Å². The minimum atomic E-state index is 0.00956. The molecule has 6 rings (SSSR count). The fraction of sp³-hybridized carbons (Fsp3) is 0.333. The highest BCUT2D eigenvalue weighted by molar-refractivity contribution is 7.12. The van der Waals surface area contributed by atoms with Crippen LogP contribution in [-0.2, 0) is 29.2 Å². The number of nitrogens with zero attached hydrogens (tertiary/aromatic N) is 2. The number of hydrogen-bond donors (Lipinski definition) is 2. The molecule has 44 heavy (non-hydrogen) atoms. The Kier molecular flexibility index (Phi) is 9.70. The van der Waals surface area contributed by atoms with Gasteiger partial charge >= 0.3 is 0 Å². The summed E-state index contributed by atoms with van der Waals surface area (Å²) in [7, 11) is 0. The molecule has 1 aliphatic carbocycles. The van der Waals surface area contributed by atoms with Gasteiger partial charge in [0, 0.05) is 38.6 Å². The fourth-order valence-corrected chi connectivity index (χ4v) is 6.91. The Hall–Kier alpha value is -3.98. The summed E-state index contributed by atoms with van der Waals surface area (Å²) in [6.45, 7) is 4.36. The number of nitrogens with two attached hydrogens (primary N) is 1. The van der Waals surface area contributed by atoms with Gasteiger partial charge in [-0.05, 0) is 70.3 Å². The first kappa shape index (κ1) is 30.1. The molecule has 3 N–H and O–H groups in total. The Morgan fingerprint density at radius 3 is 2.30 bits per heavy atom. The predicted molar refractivity (Wildman–Crippen MR) is 178 cm³/mol. The van der Waals surface area contributed by atoms with Crippen LogP contribution in [0.1, 0.15) is 52.0 Å². The van der Waals surface area contributed by atoms with E-state index in [1.807, 2.05) is 46.7 Å². The number of benzene rings is 3. The Bertz CT molecular complexity index is 1580. The predicted octanol–water partition coefficient (Wildman–Crippen LogP) is 6.68. The van der Waals surface area contributed by atoms with Crippen LogP contribution in [0.4, 0.5) is 11.4 Å². The molecular formula is C36H40N4O3S. The maximum atomic E-state index is 13.6. The molecule has 0 bridgehead atoms. The van der Waals surface area contributed by atoms with Crippen molar-refractivity contribution in [2.75, 3.05) is 36.5 Å². The van der Waals surface area contributed by atoms with E-state index in [2.05, 4.69) is 52.7 Å². The van der Waals surface area contributed by atoms with Crippen molar-refractivity contribution in [3.63, 3.8) is 0 Å². The van der Waals surface area contributed by atoms with E-state index in [1.165, 1.54) is 11.3 Å². The second-order valence-corrected chi connectivity index (χ2v) is 12.6. The molecule has 2 fully saturated rings. The van der Waals surface area contributed by atoms with Crippen LogP contribution in [0.3, 0.4) is 0 Å². The highest BCUT2D eigenvalue weighted by Gasteiger charge is 2.25. The number of ether oxygens (including phenoxy) is 1. The molecule has 4 aromatic rings. The molecule has 7 nitrogen and oxygen atoms in total. The number of thiophene rings is 1. The Morgan fingerprint density at radius 2 is 1.57 bits per heavy atom. The summed E-state index contributed by atoms with van der Waals surface area (Å²) in [5.74, 6) is 0.205. The maximum absolute atomic E-state index is 13.6. The third kappa shape index (κ3) is 7.21. The highest BCUT2D eigenvalue weighted by atomic mass is 32.1. The van der Waals surface area contributed by atoms with E-state index in [0.717, 1.165) is 82.8 Å². The van der Waals surface area contributed by atoms with E-state index in [1.54, 1.807) is 0 Å². The van der Waals surface area contributed by atoms with Crippen LogP contribution in [0.5, 0.6) is 0 Å². The molecule has 2 amide bonds. The van der Waals surface area contributed by atoms with Gasteiger partial charge in [0.15, 0.2) is 0 Å². The third-order valence-electron chi connectivity index (χ3n) is 8.59. The lowest BCUT2D eigenvalue weighted by Crippen LogP contribution is -2.37. The molecule has 2 heterocycles. The molecule has 8 heteroatoms. The first-order chi connectivity index (χ1) is 21.6. The zero-order valence-corrected chi connectivity index (χ0v) is 25.9. The zero-order valence-electron chi connectivity index (χ0n) is 25.0. The highest BCUT2D eigenvalue weighted by Crippen LogP contribution is 2.34. The van der Waals surface area contributed by atoms with Gasteiger partial charge in [-0.25, -0.2) is 0 Å². The van der Waals surface area contributed by atoms with E-state index >= 15 is 0 Å². The van der Waals surface area contributed by atoms with Gasteiger partial charge in [0.2, 0.25) is 5.91 Å². The number of nitrogens with one attached hydrogen (secondary N) is 1. The monoisotopic (exact) mass is 608 g/mol. The zero-order chi connectivity index (χ0) is 30.3. The van der Waals surface area contributed by atoms with Crippen LogP contribution in [0.2, 0.25) is 0 Å². The third-order valence-corrected chi connectivity index (χ3v) is 9.44. The van der Waals surface area contributed by atoms with Gasteiger partial charge in [-0.2, -0.15) is 0 Å². The van der Waals surface area contributed by atoms with Gasteiger partial charge in [-0.15, -0.1) is 11.3 Å². The Balaban J connectivity index is 1.28. The lowest BCUT2D eigenvalue weighted by atomic mass is 10.0. The second kappa shape index (κ2) is 14.2. The molecule has 1 aromatic heterocycles. The number of carbonyl (C=O) groups excluding carboxylic acids is 2. The first-order valence-corrected chi connectivity index (χ1v) is 16.4. The lowest BCUT2D eigenvalue weighted by molar-refractivity contribution is -0.119. The fourth-order valence-electron chi connectivity index (χ4n) is 6.22. The minimum absolute atomic E-state index is 0.00956. The number of hydrogen-bond acceptors (Lipinski definition) is 6. The summed E-state index contributed by atoms with van der Waals surface area (Å²) in [6.07, 6.45) is 4.15. The van der Waals surface area contributed by atoms with Gasteiger partial charge in [0.25, 0.3) is 5.91 Å². The molecule has 3 aromatic carbocycles. The van der Waals surface area contributed by atoms with E-state index in [0.29, 0.717) is 32.8 Å². The standard InChI is InChI=1S/C36H40N4O3S/c37-23-26-6-3-7-27(20-26)24-40(36(42)34-12-5-19-44-34)25-28-8-4-11-30(21-28)31-13-14-33(39-15-17-43-18-16-39)32(22-31)38-35(41)29-9-1-2-10-29/h3-8,11-14,19-22,29H,1-2,9-10,15-18,23-25,37H2,(H,38,41). The van der Waals surface area contributed by atoms with Crippen LogP contribution in [0, 0.1) is 5.92 Å². The van der Waals surface area contributed by atoms with Gasteiger partial charge in [-0.3, -0.25) is 9.59 Å². The molecule has 1 saturated heterocycles. The summed E-state index contributed by atoms with van der Waals surface area (Å²) in [5, 5.41) is 5.23. The van der Waals surface area contributed by atoms with Crippen molar-refractivity contribution in [3.05, 3.63) is 106 Å². The smallest absolute Gasteiger partial charge is 0.264 e. The molecular weight excluding hydrogens is 568 g/mol. The molecule has 0 spiro atoms. The molecule has 228 valence electrons. The number of anilines is 2. The van der Waals surface area contributed by atoms with Crippen molar-refractivity contribution < 1.29 is 14.3 Å². The minimum Gasteiger partial charge on any atom is -0.378 e. The molecule has 0 radical (unpaired) electrons. The SMILES string of the molecule is NCc1cccc(CN(Cc2cccc(-c3ccc(N4CCOCC4)c(NC(=O)C4CCCC4)c3)c2)C(=O)c2cccs2)c1. The molecule has 1 aliphatic heterocycles. The number of carbonyl (C=O) groups is 2. The largest absolute Gasteiger partial charge is 0.378 e. The van der Waals surface area contributed by atoms with Crippen molar-refractivity contribution >= 4 is 34.5 Å². The summed E-state index contributed by atoms with van der Waals surface area (Å²) >= 11 is 1.46. The van der Waals surface area contributed by atoms with Crippen LogP contribution in [0.15, 0.2) is 84.2 Å². The average Bonchev–Trinajstić information content (AvgIpc) is 3.81. The van der Waals surface area contributed by atoms with Gasteiger partial charge in [0.1, 0.15) is 0 Å². The summed E-state index contributed by atoms with van der Waals surface area (Å²) in [5.41, 5.74) is 13.0. The number of morpholine rings is 1. The number of rotatable bonds is 10. The Morgan fingerprint density at radius 1 is 0.864 bits per heavy atom. The molecule has 0 unspecified atom stereocenters. The van der Waals surface area contributed by atoms with Gasteiger partial charge in [0.05, 0.1) is 29.5 Å². The summed E-state index contributed by atoms with van der Waals surface area (Å²) in [4.78, 5) is 31.8. The molecule has 2 aliphatic rings. The van der Waals surface area contributed by atoms with Crippen LogP contribution in [0.25, 0.3) is 11.1 Å². The van der Waals surface area contributed by atoms with Gasteiger partial charge in [-0.1, -0.05) is 67.4 Å². The van der Waals surface area contributed by atoms with E-state index < -0.39 is 0 Å². The summed E-state index contributed by atoms with van der Waals surface area (Å²) in [6, 6.07) is 26.6. The maximum Gasteiger partial charge on any atom is 0.264 e. The van der Waals surface area contributed by atoms with Crippen LogP contribution < -0.4 is 16.0 Å². The molecule has 0 atom stereocenters. The average molecular weight is 609 g/mol. The number of amides is 2. The summed E-state index contributed by atoms with van der Waals surface area (Å²) < 4.78 is 5.59. The first-order valence-electron chi connectivity index (χ1n) is 15.5. The van der Waals surface area contributed by atoms with E-state index in [-0.39, 0.29) is 17.7 Å². The van der Waals surface area contributed by atoms with Crippen molar-refractivity contribution in [1.82, 2.24) is 4.90 Å². The van der Waals surface area contributed by atoms with Crippen molar-refractivity contribution in [3.8, 4) is 11.1 Å². The van der Waals surface area contributed by atoms with Crippen molar-refractivity contribution in [2.24, 2.45) is 11.7 Å². The second-order valence-electron chi connectivity index (χ2n) is 11.7. The van der Waals surface area contributed by atoms with Crippen molar-refractivity contribution in [2.45, 2.75) is 45.3 Å². The lowest BCUT2D eigenvalue weighted by Gasteiger charge is -2.31. The Labute approximate surface area is 263 Å². The molecule has 1 saturated carbocycles. The topological polar surface area (TPSA) is 87.9 Å². The van der Waals surface area contributed by atoms with Crippen LogP contribution >= 0.6 is 11.3 Å². The van der Waals surface area contributed by atoms with E-state index in [9.17, 15) is 9.59 Å². The van der Waals surface area contributed by atoms with Crippen molar-refractivity contribution in [1.29, 1.82) is 0 Å². The quantitative estimate of drug-likeness (QED) is 0.210. The van der Waals surface area contributed by atoms with Crippen LogP contribution in [-0.4, -0.2) is 43.0 Å². The van der Waals surface area contributed by atoms with E-state index in [4.69, 9.17) is 10.5 Å². The normalized spacial score (nSPS) is 15.3.